The number of rotatable bonds is 5. The number of nitrogens with zero attached hydrogens (tertiary/aromatic N) is 5. The molecule has 1 amide bonds. The van der Waals surface area contributed by atoms with Crippen LogP contribution in [0.25, 0.3) is 0 Å². The van der Waals surface area contributed by atoms with E-state index < -0.39 is 0 Å². The van der Waals surface area contributed by atoms with Crippen molar-refractivity contribution in [2.75, 3.05) is 27.7 Å². The van der Waals surface area contributed by atoms with Gasteiger partial charge in [-0.2, -0.15) is 5.10 Å². The molecular weight excluding hydrogens is 481 g/mol. The average molecular weight is 517 g/mol. The summed E-state index contributed by atoms with van der Waals surface area (Å²) in [6.07, 6.45) is 6.03. The fourth-order valence-corrected chi connectivity index (χ4v) is 4.32. The average Bonchev–Trinajstić information content (AvgIpc) is 3.31. The van der Waals surface area contributed by atoms with E-state index in [1.807, 2.05) is 18.8 Å². The molecule has 1 aromatic rings. The van der Waals surface area contributed by atoms with Crippen molar-refractivity contribution in [1.29, 1.82) is 0 Å². The Kier molecular flexibility index (Phi) is 8.30. The van der Waals surface area contributed by atoms with Gasteiger partial charge >= 0.3 is 0 Å². The number of amides is 1. The monoisotopic (exact) mass is 517 g/mol. The minimum atomic E-state index is -0.307. The summed E-state index contributed by atoms with van der Waals surface area (Å²) < 4.78 is 2.03. The van der Waals surface area contributed by atoms with Crippen LogP contribution < -0.4 is 10.6 Å². The highest BCUT2D eigenvalue weighted by atomic mass is 127. The van der Waals surface area contributed by atoms with Gasteiger partial charge in [-0.15, -0.1) is 24.0 Å². The van der Waals surface area contributed by atoms with Crippen molar-refractivity contribution in [2.24, 2.45) is 10.4 Å². The van der Waals surface area contributed by atoms with Crippen molar-refractivity contribution < 1.29 is 4.79 Å². The summed E-state index contributed by atoms with van der Waals surface area (Å²) >= 11 is 0. The first-order chi connectivity index (χ1) is 13.3. The molecule has 9 heteroatoms. The van der Waals surface area contributed by atoms with Crippen molar-refractivity contribution in [1.82, 2.24) is 30.3 Å². The van der Waals surface area contributed by atoms with Crippen LogP contribution in [0.1, 0.15) is 63.5 Å². The molecule has 0 radical (unpaired) electrons. The van der Waals surface area contributed by atoms with Gasteiger partial charge in [0.05, 0.1) is 12.0 Å². The van der Waals surface area contributed by atoms with Gasteiger partial charge in [-0.1, -0.05) is 26.7 Å². The highest BCUT2D eigenvalue weighted by Crippen LogP contribution is 2.38. The Morgan fingerprint density at radius 2 is 2.03 bits per heavy atom. The van der Waals surface area contributed by atoms with E-state index >= 15 is 0 Å². The van der Waals surface area contributed by atoms with Crippen LogP contribution in [0.3, 0.4) is 0 Å². The van der Waals surface area contributed by atoms with E-state index in [0.29, 0.717) is 12.5 Å². The first-order valence-electron chi connectivity index (χ1n) is 10.5. The van der Waals surface area contributed by atoms with Gasteiger partial charge in [-0.3, -0.25) is 9.79 Å². The Bertz CT molecular complexity index is 722. The largest absolute Gasteiger partial charge is 0.355 e. The molecule has 1 atom stereocenters. The Hall–Kier alpha value is -1.39. The molecule has 0 bridgehead atoms. The van der Waals surface area contributed by atoms with Gasteiger partial charge in [0.2, 0.25) is 5.91 Å². The second-order valence-corrected chi connectivity index (χ2v) is 8.72. The van der Waals surface area contributed by atoms with Crippen LogP contribution in [0.5, 0.6) is 0 Å². The number of guanidine groups is 1. The van der Waals surface area contributed by atoms with Crippen molar-refractivity contribution in [3.8, 4) is 0 Å². The second-order valence-electron chi connectivity index (χ2n) is 8.72. The lowest BCUT2D eigenvalue weighted by molar-refractivity contribution is -0.138. The predicted octanol–water partition coefficient (Wildman–Crippen LogP) is 2.15. The van der Waals surface area contributed by atoms with Crippen LogP contribution in [-0.4, -0.2) is 65.3 Å². The van der Waals surface area contributed by atoms with Gasteiger partial charge in [-0.25, -0.2) is 9.67 Å². The third-order valence-electron chi connectivity index (χ3n) is 5.97. The Morgan fingerprint density at radius 3 is 2.62 bits per heavy atom. The van der Waals surface area contributed by atoms with E-state index in [2.05, 4.69) is 39.6 Å². The van der Waals surface area contributed by atoms with E-state index in [4.69, 9.17) is 0 Å². The number of nitrogens with one attached hydrogen (secondary N) is 2. The summed E-state index contributed by atoms with van der Waals surface area (Å²) in [6, 6.07) is 0.254. The molecule has 2 heterocycles. The molecule has 1 unspecified atom stereocenters. The zero-order valence-corrected chi connectivity index (χ0v) is 20.7. The maximum absolute atomic E-state index is 12.8. The maximum atomic E-state index is 12.8. The van der Waals surface area contributed by atoms with Gasteiger partial charge in [-0.05, 0) is 19.3 Å². The first-order valence-corrected chi connectivity index (χ1v) is 10.5. The van der Waals surface area contributed by atoms with Crippen molar-refractivity contribution in [2.45, 2.75) is 70.9 Å². The summed E-state index contributed by atoms with van der Waals surface area (Å²) in [5, 5.41) is 11.6. The number of aliphatic imine (C=N–C) groups is 1. The number of carbonyl (C=O) groups excluding carboxylic acids is 1. The van der Waals surface area contributed by atoms with Crippen LogP contribution in [0.2, 0.25) is 0 Å². The molecule has 1 aliphatic carbocycles. The number of halogens is 1. The highest BCUT2D eigenvalue weighted by Gasteiger charge is 2.42. The third-order valence-corrected chi connectivity index (χ3v) is 5.97. The van der Waals surface area contributed by atoms with Gasteiger partial charge in [0, 0.05) is 46.1 Å². The summed E-state index contributed by atoms with van der Waals surface area (Å²) in [6.45, 7) is 5.66. The van der Waals surface area contributed by atoms with Crippen molar-refractivity contribution in [3.05, 3.63) is 11.6 Å². The SMILES string of the molecule is CN=C(NCC1(C(=O)N(C)C)CCCC1)NC1CCc2nc(C(C)C)nn2C1.I. The lowest BCUT2D eigenvalue weighted by Gasteiger charge is -2.32. The maximum Gasteiger partial charge on any atom is 0.230 e. The quantitative estimate of drug-likeness (QED) is 0.355. The third kappa shape index (κ3) is 5.40. The van der Waals surface area contributed by atoms with Gasteiger partial charge < -0.3 is 15.5 Å². The number of carbonyl (C=O) groups is 1. The zero-order chi connectivity index (χ0) is 20.3. The molecule has 1 aromatic heterocycles. The summed E-state index contributed by atoms with van der Waals surface area (Å²) in [5.41, 5.74) is -0.307. The molecular formula is C20H36IN7O. The molecule has 0 spiro atoms. The zero-order valence-electron chi connectivity index (χ0n) is 18.4. The van der Waals surface area contributed by atoms with E-state index in [-0.39, 0.29) is 41.3 Å². The Balaban J connectivity index is 0.00000300. The van der Waals surface area contributed by atoms with Crippen LogP contribution >= 0.6 is 24.0 Å². The van der Waals surface area contributed by atoms with Crippen LogP contribution in [0.4, 0.5) is 0 Å². The molecule has 1 aliphatic heterocycles. The fraction of sp³-hybridized carbons (Fsp3) is 0.800. The molecule has 8 nitrogen and oxygen atoms in total. The molecule has 1 saturated carbocycles. The van der Waals surface area contributed by atoms with E-state index in [9.17, 15) is 4.79 Å². The molecule has 164 valence electrons. The number of hydrogen-bond donors (Lipinski definition) is 2. The topological polar surface area (TPSA) is 87.4 Å². The lowest BCUT2D eigenvalue weighted by atomic mass is 9.84. The van der Waals surface area contributed by atoms with Gasteiger partial charge in [0.25, 0.3) is 0 Å². The Labute approximate surface area is 191 Å². The highest BCUT2D eigenvalue weighted by molar-refractivity contribution is 14.0. The van der Waals surface area contributed by atoms with Gasteiger partial charge in [0.1, 0.15) is 5.82 Å². The molecule has 29 heavy (non-hydrogen) atoms. The van der Waals surface area contributed by atoms with Crippen LogP contribution in [0.15, 0.2) is 4.99 Å². The molecule has 2 N–H and O–H groups in total. The first kappa shape index (κ1) is 23.9. The van der Waals surface area contributed by atoms with E-state index in [0.717, 1.165) is 62.7 Å². The molecule has 3 rings (SSSR count). The number of aryl methyl sites for hydroxylation is 1. The van der Waals surface area contributed by atoms with Crippen molar-refractivity contribution >= 4 is 35.8 Å². The predicted molar refractivity (Wildman–Crippen MR) is 126 cm³/mol. The van der Waals surface area contributed by atoms with Crippen LogP contribution in [-0.2, 0) is 17.8 Å². The standard InChI is InChI=1S/C20H35N7O.HI/c1-14(2)17-24-16-9-8-15(12-27(16)25-17)23-19(21-3)22-13-20(10-6-7-11-20)18(28)26(4)5;/h14-15H,6-13H2,1-5H3,(H2,21,22,23);1H. The fourth-order valence-electron chi connectivity index (χ4n) is 4.32. The second kappa shape index (κ2) is 10.1. The Morgan fingerprint density at radius 1 is 1.34 bits per heavy atom. The number of fused-ring (bicyclic) bond motifs is 1. The molecule has 0 aromatic carbocycles. The molecule has 2 aliphatic rings. The summed E-state index contributed by atoms with van der Waals surface area (Å²) in [4.78, 5) is 23.5. The normalized spacial score (nSPS) is 20.8. The minimum Gasteiger partial charge on any atom is -0.355 e. The minimum absolute atomic E-state index is 0. The van der Waals surface area contributed by atoms with E-state index in [1.54, 1.807) is 11.9 Å². The van der Waals surface area contributed by atoms with Crippen LogP contribution in [0, 0.1) is 5.41 Å². The molecule has 0 saturated heterocycles. The summed E-state index contributed by atoms with van der Waals surface area (Å²) in [5.74, 6) is 3.32. The lowest BCUT2D eigenvalue weighted by Crippen LogP contribution is -2.52. The smallest absolute Gasteiger partial charge is 0.230 e. The van der Waals surface area contributed by atoms with Gasteiger partial charge in [0.15, 0.2) is 11.8 Å². The molecule has 1 fully saturated rings. The van der Waals surface area contributed by atoms with Crippen molar-refractivity contribution in [3.63, 3.8) is 0 Å². The summed E-state index contributed by atoms with van der Waals surface area (Å²) in [7, 11) is 5.47. The number of aromatic nitrogens is 3. The van der Waals surface area contributed by atoms with E-state index in [1.165, 1.54) is 0 Å². The number of hydrogen-bond acceptors (Lipinski definition) is 4.